The van der Waals surface area contributed by atoms with Crippen molar-refractivity contribution in [2.75, 3.05) is 6.61 Å². The van der Waals surface area contributed by atoms with Gasteiger partial charge in [-0.15, -0.1) is 0 Å². The Morgan fingerprint density at radius 3 is 1.93 bits per heavy atom. The Labute approximate surface area is 348 Å². The number of hydrogen-bond donors (Lipinski definition) is 0. The highest BCUT2D eigenvalue weighted by Gasteiger charge is 2.59. The van der Waals surface area contributed by atoms with E-state index in [0.717, 1.165) is 36.5 Å². The number of halogens is 2. The van der Waals surface area contributed by atoms with Gasteiger partial charge >= 0.3 is 11.4 Å². The number of hydrogen-bond acceptors (Lipinski definition) is 6. The van der Waals surface area contributed by atoms with Crippen molar-refractivity contribution < 1.29 is 36.0 Å². The van der Waals surface area contributed by atoms with E-state index in [9.17, 15) is 26.5 Å². The quantitative estimate of drug-likeness (QED) is 0.0781. The zero-order chi connectivity index (χ0) is 41.7. The fourth-order valence-corrected chi connectivity index (χ4v) is 13.5. The van der Waals surface area contributed by atoms with Gasteiger partial charge in [0.05, 0.1) is 10.9 Å². The van der Waals surface area contributed by atoms with Crippen LogP contribution in [0.5, 0.6) is 0 Å². The first-order chi connectivity index (χ1) is 27.5. The Hall–Kier alpha value is -3.21. The number of carbonyl (C=O) groups excluding carboxylic acids is 1. The zero-order valence-corrected chi connectivity index (χ0v) is 36.4. The lowest BCUT2D eigenvalue weighted by Gasteiger charge is -2.58. The van der Waals surface area contributed by atoms with Gasteiger partial charge in [0.1, 0.15) is 6.10 Å². The van der Waals surface area contributed by atoms with Gasteiger partial charge in [-0.2, -0.15) is 8.78 Å². The molecule has 3 saturated carbocycles. The van der Waals surface area contributed by atoms with Gasteiger partial charge in [-0.3, -0.25) is 0 Å². The molecule has 0 aliphatic heterocycles. The smallest absolute Gasteiger partial charge is 0.508 e. The number of benzene rings is 3. The van der Waals surface area contributed by atoms with Crippen LogP contribution < -0.4 is 0 Å². The maximum absolute atomic E-state index is 13.3. The molecular weight excluding hydrogens is 775 g/mol. The molecule has 0 unspecified atom stereocenters. The summed E-state index contributed by atoms with van der Waals surface area (Å²) < 4.78 is 68.1. The minimum absolute atomic E-state index is 0.0146. The van der Waals surface area contributed by atoms with E-state index in [1.165, 1.54) is 65.2 Å². The Balaban J connectivity index is 0.000000247. The molecule has 7 rings (SSSR count). The SMILES string of the molecule is CC(C)CCC[C@@H](C)[C@H]1CC[C@H]2[C@@H]3CC=C4C[C@@H](OC(=O)OCC(F)(F)S(=O)(=O)[O-])CC[C@]4(C)[C@H]3CC[C@]12C.c1ccc([S+](c2ccccc2)c2ccccc2)cc1. The average molecular weight is 837 g/mol. The molecule has 3 aromatic rings. The Bertz CT molecular complexity index is 1850. The zero-order valence-electron chi connectivity index (χ0n) is 34.8. The third kappa shape index (κ3) is 9.87. The summed E-state index contributed by atoms with van der Waals surface area (Å²) in [6, 6.07) is 32.2. The van der Waals surface area contributed by atoms with E-state index in [1.54, 1.807) is 0 Å². The number of fused-ring (bicyclic) bond motifs is 5. The summed E-state index contributed by atoms with van der Waals surface area (Å²) in [4.78, 5) is 16.1. The summed E-state index contributed by atoms with van der Waals surface area (Å²) >= 11 is 0. The molecule has 316 valence electrons. The van der Waals surface area contributed by atoms with Crippen molar-refractivity contribution in [1.29, 1.82) is 0 Å². The molecular formula is C48H62F2O6S2. The Morgan fingerprint density at radius 1 is 0.828 bits per heavy atom. The lowest BCUT2D eigenvalue weighted by Crippen LogP contribution is -2.51. The second kappa shape index (κ2) is 18.6. The van der Waals surface area contributed by atoms with Crippen LogP contribution in [0.2, 0.25) is 0 Å². The molecule has 3 fully saturated rings. The van der Waals surface area contributed by atoms with Crippen molar-refractivity contribution in [1.82, 2.24) is 0 Å². The van der Waals surface area contributed by atoms with E-state index in [2.05, 4.69) is 136 Å². The number of alkyl halides is 2. The van der Waals surface area contributed by atoms with Crippen LogP contribution in [-0.4, -0.2) is 37.1 Å². The van der Waals surface area contributed by atoms with E-state index in [1.807, 2.05) is 0 Å². The standard InChI is InChI=1S/C30H48F2O6S.C18H15S/c1-19(2)7-6-8-20(3)24-11-12-25-23-10-9-21-17-22(38-27(33)37-18-30(31,32)39(34,35)36)13-15-28(21,4)26(23)14-16-29(24,25)5;1-4-10-16(11-5-1)19(17-12-6-2-7-13-17)18-14-8-3-9-15-18/h9,19-20,22-26H,6-8,10-18H2,1-5H3,(H,34,35,36);1-15H/q;+1/p-1/t20-,22+,23+,24-,25+,26+,28+,29-;/m1./s1. The van der Waals surface area contributed by atoms with E-state index in [4.69, 9.17) is 4.74 Å². The first kappa shape index (κ1) is 44.3. The summed E-state index contributed by atoms with van der Waals surface area (Å²) in [7, 11) is -5.93. The van der Waals surface area contributed by atoms with Crippen LogP contribution in [0.4, 0.5) is 13.6 Å². The van der Waals surface area contributed by atoms with Gasteiger partial charge in [0.15, 0.2) is 31.4 Å². The summed E-state index contributed by atoms with van der Waals surface area (Å²) in [5.74, 6) is 4.34. The third-order valence-electron chi connectivity index (χ3n) is 14.2. The molecule has 3 aromatic carbocycles. The Kier molecular flexibility index (Phi) is 14.2. The molecule has 0 amide bonds. The minimum Gasteiger partial charge on any atom is -0.743 e. The Morgan fingerprint density at radius 2 is 1.40 bits per heavy atom. The van der Waals surface area contributed by atoms with Crippen molar-refractivity contribution in [3.8, 4) is 0 Å². The van der Waals surface area contributed by atoms with Crippen LogP contribution in [0.25, 0.3) is 0 Å². The number of rotatable bonds is 12. The third-order valence-corrected chi connectivity index (χ3v) is 17.3. The highest BCUT2D eigenvalue weighted by molar-refractivity contribution is 7.97. The summed E-state index contributed by atoms with van der Waals surface area (Å²) in [6.45, 7) is 10.2. The number of ether oxygens (including phenoxy) is 2. The molecule has 0 spiro atoms. The maximum Gasteiger partial charge on any atom is 0.508 e. The first-order valence-corrected chi connectivity index (χ1v) is 23.9. The monoisotopic (exact) mass is 836 g/mol. The van der Waals surface area contributed by atoms with E-state index in [-0.39, 0.29) is 16.3 Å². The second-order valence-corrected chi connectivity index (χ2v) is 21.7. The molecule has 4 aliphatic rings. The van der Waals surface area contributed by atoms with Crippen LogP contribution in [0.1, 0.15) is 105 Å². The normalized spacial score (nSPS) is 28.6. The molecule has 0 heterocycles. The van der Waals surface area contributed by atoms with Gasteiger partial charge < -0.3 is 14.0 Å². The van der Waals surface area contributed by atoms with Gasteiger partial charge in [-0.05, 0) is 128 Å². The summed E-state index contributed by atoms with van der Waals surface area (Å²) in [5, 5.41) is -4.68. The van der Waals surface area contributed by atoms with E-state index >= 15 is 0 Å². The van der Waals surface area contributed by atoms with Crippen LogP contribution >= 0.6 is 0 Å². The van der Waals surface area contributed by atoms with Gasteiger partial charge in [-0.25, -0.2) is 13.2 Å². The van der Waals surface area contributed by atoms with E-state index < -0.39 is 34.2 Å². The van der Waals surface area contributed by atoms with Crippen LogP contribution in [0.15, 0.2) is 117 Å². The van der Waals surface area contributed by atoms with Crippen molar-refractivity contribution >= 4 is 27.2 Å². The largest absolute Gasteiger partial charge is 0.743 e. The van der Waals surface area contributed by atoms with Gasteiger partial charge in [-0.1, -0.05) is 120 Å². The number of carbonyl (C=O) groups is 1. The van der Waals surface area contributed by atoms with Gasteiger partial charge in [0.2, 0.25) is 0 Å². The topological polar surface area (TPSA) is 92.7 Å². The molecule has 0 N–H and O–H groups in total. The average Bonchev–Trinajstić information content (AvgIpc) is 3.56. The summed E-state index contributed by atoms with van der Waals surface area (Å²) in [5.41, 5.74) is 1.73. The molecule has 10 heteroatoms. The molecule has 4 aliphatic carbocycles. The molecule has 8 atom stereocenters. The van der Waals surface area contributed by atoms with Crippen molar-refractivity contribution in [3.05, 3.63) is 103 Å². The predicted octanol–water partition coefficient (Wildman–Crippen LogP) is 12.5. The lowest BCUT2D eigenvalue weighted by molar-refractivity contribution is -0.0661. The molecule has 6 nitrogen and oxygen atoms in total. The molecule has 58 heavy (non-hydrogen) atoms. The maximum atomic E-state index is 13.3. The van der Waals surface area contributed by atoms with E-state index in [0.29, 0.717) is 30.1 Å². The molecule has 0 bridgehead atoms. The fraction of sp³-hybridized carbons (Fsp3) is 0.562. The first-order valence-electron chi connectivity index (χ1n) is 21.3. The van der Waals surface area contributed by atoms with Crippen LogP contribution in [0.3, 0.4) is 0 Å². The number of allylic oxidation sites excluding steroid dienone is 1. The van der Waals surface area contributed by atoms with Gasteiger partial charge in [0, 0.05) is 6.42 Å². The highest BCUT2D eigenvalue weighted by Crippen LogP contribution is 2.67. The highest BCUT2D eigenvalue weighted by atomic mass is 32.2. The van der Waals surface area contributed by atoms with Gasteiger partial charge in [0.25, 0.3) is 0 Å². The molecule has 0 aromatic heterocycles. The van der Waals surface area contributed by atoms with Crippen LogP contribution in [0, 0.1) is 46.3 Å². The fourth-order valence-electron chi connectivity index (χ4n) is 11.2. The van der Waals surface area contributed by atoms with Crippen molar-refractivity contribution in [3.63, 3.8) is 0 Å². The second-order valence-electron chi connectivity index (χ2n) is 18.1. The predicted molar refractivity (Wildman–Crippen MR) is 225 cm³/mol. The summed E-state index contributed by atoms with van der Waals surface area (Å²) in [6.07, 6.45) is 12.6. The molecule has 0 radical (unpaired) electrons. The van der Waals surface area contributed by atoms with Crippen molar-refractivity contribution in [2.24, 2.45) is 46.3 Å². The van der Waals surface area contributed by atoms with Crippen LogP contribution in [-0.2, 0) is 30.5 Å². The molecule has 0 saturated heterocycles. The minimum atomic E-state index is -5.92. The lowest BCUT2D eigenvalue weighted by atomic mass is 9.47. The van der Waals surface area contributed by atoms with Crippen molar-refractivity contribution in [2.45, 2.75) is 131 Å².